The van der Waals surface area contributed by atoms with Crippen molar-refractivity contribution in [1.29, 1.82) is 0 Å². The van der Waals surface area contributed by atoms with Gasteiger partial charge in [0.1, 0.15) is 22.8 Å². The standard InChI is InChI=1S/C17H15BrF2N2O2S/c1-24-15-5-2-10(18)8-12(15)16-22(6-7-25-16)17(23)21-14-4-3-11(19)9-13(14)20/h2-5,8-9,16H,6-7H2,1H3,(H,21,23). The molecule has 132 valence electrons. The monoisotopic (exact) mass is 428 g/mol. The highest BCUT2D eigenvalue weighted by atomic mass is 79.9. The number of methoxy groups -OCH3 is 1. The van der Waals surface area contributed by atoms with Crippen LogP contribution in [0.1, 0.15) is 10.9 Å². The third kappa shape index (κ3) is 3.90. The van der Waals surface area contributed by atoms with Gasteiger partial charge in [0.15, 0.2) is 0 Å². The second-order valence-electron chi connectivity index (χ2n) is 5.36. The topological polar surface area (TPSA) is 41.6 Å². The molecule has 2 amide bonds. The molecule has 2 aromatic carbocycles. The van der Waals surface area contributed by atoms with Gasteiger partial charge in [0.25, 0.3) is 0 Å². The number of nitrogens with one attached hydrogen (secondary N) is 1. The molecule has 0 bridgehead atoms. The SMILES string of the molecule is COc1ccc(Br)cc1C1SCCN1C(=O)Nc1ccc(F)cc1F. The molecule has 0 spiro atoms. The number of anilines is 1. The molecule has 3 rings (SSSR count). The first kappa shape index (κ1) is 18.0. The highest BCUT2D eigenvalue weighted by Crippen LogP contribution is 2.43. The Balaban J connectivity index is 1.84. The molecule has 0 radical (unpaired) electrons. The van der Waals surface area contributed by atoms with Gasteiger partial charge in [-0.2, -0.15) is 0 Å². The van der Waals surface area contributed by atoms with Crippen LogP contribution in [0.5, 0.6) is 5.75 Å². The molecule has 1 heterocycles. The number of ether oxygens (including phenoxy) is 1. The fourth-order valence-corrected chi connectivity index (χ4v) is 4.26. The highest BCUT2D eigenvalue weighted by molar-refractivity contribution is 9.10. The van der Waals surface area contributed by atoms with Crippen LogP contribution in [0.3, 0.4) is 0 Å². The molecule has 25 heavy (non-hydrogen) atoms. The second-order valence-corrected chi connectivity index (χ2v) is 7.46. The van der Waals surface area contributed by atoms with Crippen LogP contribution in [0.15, 0.2) is 40.9 Å². The average Bonchev–Trinajstić information content (AvgIpc) is 3.07. The smallest absolute Gasteiger partial charge is 0.323 e. The number of halogens is 3. The molecule has 1 atom stereocenters. The van der Waals surface area contributed by atoms with Crippen molar-refractivity contribution in [2.45, 2.75) is 5.37 Å². The predicted octanol–water partition coefficient (Wildman–Crippen LogP) is 5.02. The van der Waals surface area contributed by atoms with E-state index in [0.29, 0.717) is 12.3 Å². The number of hydrogen-bond donors (Lipinski definition) is 1. The van der Waals surface area contributed by atoms with Crippen molar-refractivity contribution in [2.24, 2.45) is 0 Å². The predicted molar refractivity (Wildman–Crippen MR) is 98.0 cm³/mol. The number of rotatable bonds is 3. The van der Waals surface area contributed by atoms with Gasteiger partial charge in [0.05, 0.1) is 12.8 Å². The summed E-state index contributed by atoms with van der Waals surface area (Å²) in [5, 5.41) is 2.26. The molecule has 0 saturated carbocycles. The highest BCUT2D eigenvalue weighted by Gasteiger charge is 2.33. The van der Waals surface area contributed by atoms with E-state index in [9.17, 15) is 13.6 Å². The lowest BCUT2D eigenvalue weighted by atomic mass is 10.2. The Morgan fingerprint density at radius 2 is 2.12 bits per heavy atom. The summed E-state index contributed by atoms with van der Waals surface area (Å²) in [7, 11) is 1.57. The first-order chi connectivity index (χ1) is 12.0. The minimum atomic E-state index is -0.809. The van der Waals surface area contributed by atoms with Crippen molar-refractivity contribution in [2.75, 3.05) is 24.7 Å². The zero-order valence-corrected chi connectivity index (χ0v) is 15.7. The van der Waals surface area contributed by atoms with Gasteiger partial charge in [-0.15, -0.1) is 11.8 Å². The molecule has 1 fully saturated rings. The summed E-state index contributed by atoms with van der Waals surface area (Å²) in [6.45, 7) is 0.514. The normalized spacial score (nSPS) is 16.8. The Labute approximate surface area is 156 Å². The number of carbonyl (C=O) groups excluding carboxylic acids is 1. The number of carbonyl (C=O) groups is 1. The summed E-state index contributed by atoms with van der Waals surface area (Å²) in [6, 6.07) is 8.20. The maximum absolute atomic E-state index is 13.8. The number of benzene rings is 2. The molecule has 2 aromatic rings. The summed E-state index contributed by atoms with van der Waals surface area (Å²) in [6.07, 6.45) is 0. The zero-order valence-electron chi connectivity index (χ0n) is 13.3. The van der Waals surface area contributed by atoms with Gasteiger partial charge in [0, 0.05) is 28.4 Å². The van der Waals surface area contributed by atoms with Crippen molar-refractivity contribution < 1.29 is 18.3 Å². The Morgan fingerprint density at radius 3 is 2.84 bits per heavy atom. The van der Waals surface area contributed by atoms with Crippen LogP contribution in [-0.2, 0) is 0 Å². The minimum absolute atomic E-state index is 0.0525. The number of urea groups is 1. The van der Waals surface area contributed by atoms with Gasteiger partial charge < -0.3 is 15.0 Å². The van der Waals surface area contributed by atoms with Crippen LogP contribution in [0.25, 0.3) is 0 Å². The number of nitrogens with zero attached hydrogens (tertiary/aromatic N) is 1. The van der Waals surface area contributed by atoms with Crippen LogP contribution in [-0.4, -0.2) is 30.3 Å². The molecule has 1 aliphatic heterocycles. The van der Waals surface area contributed by atoms with Crippen molar-refractivity contribution in [3.05, 3.63) is 58.1 Å². The molecule has 1 saturated heterocycles. The summed E-state index contributed by atoms with van der Waals surface area (Å²) in [5.74, 6) is -0.0752. The van der Waals surface area contributed by atoms with Crippen LogP contribution >= 0.6 is 27.7 Å². The molecule has 1 N–H and O–H groups in total. The minimum Gasteiger partial charge on any atom is -0.496 e. The number of amides is 2. The Hall–Kier alpha value is -1.80. The molecule has 0 aromatic heterocycles. The first-order valence-electron chi connectivity index (χ1n) is 7.47. The van der Waals surface area contributed by atoms with Gasteiger partial charge in [-0.1, -0.05) is 15.9 Å². The summed E-state index contributed by atoms with van der Waals surface area (Å²) < 4.78 is 33.1. The number of thioether (sulfide) groups is 1. The zero-order chi connectivity index (χ0) is 18.0. The van der Waals surface area contributed by atoms with E-state index < -0.39 is 17.7 Å². The summed E-state index contributed by atoms with van der Waals surface area (Å²) >= 11 is 5.03. The van der Waals surface area contributed by atoms with Crippen molar-refractivity contribution in [1.82, 2.24) is 4.90 Å². The molecule has 1 unspecified atom stereocenters. The fourth-order valence-electron chi connectivity index (χ4n) is 2.61. The van der Waals surface area contributed by atoms with E-state index in [2.05, 4.69) is 21.2 Å². The molecule has 4 nitrogen and oxygen atoms in total. The van der Waals surface area contributed by atoms with Gasteiger partial charge in [0.2, 0.25) is 0 Å². The summed E-state index contributed by atoms with van der Waals surface area (Å²) in [4.78, 5) is 14.2. The Bertz CT molecular complexity index is 806. The van der Waals surface area contributed by atoms with E-state index in [1.54, 1.807) is 23.8 Å². The van der Waals surface area contributed by atoms with E-state index in [1.807, 2.05) is 18.2 Å². The molecule has 8 heteroatoms. The number of hydrogen-bond acceptors (Lipinski definition) is 3. The van der Waals surface area contributed by atoms with Crippen molar-refractivity contribution in [3.63, 3.8) is 0 Å². The van der Waals surface area contributed by atoms with Crippen molar-refractivity contribution >= 4 is 39.4 Å². The lowest BCUT2D eigenvalue weighted by Crippen LogP contribution is -2.34. The van der Waals surface area contributed by atoms with E-state index in [4.69, 9.17) is 4.74 Å². The second kappa shape index (κ2) is 7.61. The molecule has 0 aliphatic carbocycles. The largest absolute Gasteiger partial charge is 0.496 e. The quantitative estimate of drug-likeness (QED) is 0.746. The van der Waals surface area contributed by atoms with Crippen LogP contribution in [0, 0.1) is 11.6 Å². The third-order valence-electron chi connectivity index (χ3n) is 3.78. The van der Waals surface area contributed by atoms with Crippen LogP contribution in [0.4, 0.5) is 19.3 Å². The van der Waals surface area contributed by atoms with Crippen LogP contribution < -0.4 is 10.1 Å². The first-order valence-corrected chi connectivity index (χ1v) is 9.31. The lowest BCUT2D eigenvalue weighted by molar-refractivity contribution is 0.213. The fraction of sp³-hybridized carbons (Fsp3) is 0.235. The Kier molecular flexibility index (Phi) is 5.48. The van der Waals surface area contributed by atoms with E-state index in [1.165, 1.54) is 6.07 Å². The van der Waals surface area contributed by atoms with E-state index >= 15 is 0 Å². The van der Waals surface area contributed by atoms with E-state index in [0.717, 1.165) is 27.9 Å². The van der Waals surface area contributed by atoms with Crippen LogP contribution in [0.2, 0.25) is 0 Å². The van der Waals surface area contributed by atoms with Crippen molar-refractivity contribution in [3.8, 4) is 5.75 Å². The van der Waals surface area contributed by atoms with Gasteiger partial charge >= 0.3 is 6.03 Å². The lowest BCUT2D eigenvalue weighted by Gasteiger charge is -2.26. The van der Waals surface area contributed by atoms with Gasteiger partial charge in [-0.25, -0.2) is 13.6 Å². The maximum atomic E-state index is 13.8. The molecular formula is C17H15BrF2N2O2S. The maximum Gasteiger partial charge on any atom is 0.323 e. The third-order valence-corrected chi connectivity index (χ3v) is 5.52. The van der Waals surface area contributed by atoms with E-state index in [-0.39, 0.29) is 11.1 Å². The molecule has 1 aliphatic rings. The van der Waals surface area contributed by atoms with Gasteiger partial charge in [-0.05, 0) is 30.3 Å². The van der Waals surface area contributed by atoms with Gasteiger partial charge in [-0.3, -0.25) is 0 Å². The summed E-state index contributed by atoms with van der Waals surface area (Å²) in [5.41, 5.74) is 0.803. The Morgan fingerprint density at radius 1 is 1.32 bits per heavy atom. The average molecular weight is 429 g/mol. The molecular weight excluding hydrogens is 414 g/mol.